The summed E-state index contributed by atoms with van der Waals surface area (Å²) in [5.41, 5.74) is 1.60. The Morgan fingerprint density at radius 1 is 1.48 bits per heavy atom. The number of rotatable bonds is 5. The van der Waals surface area contributed by atoms with Crippen LogP contribution in [0.2, 0.25) is 5.02 Å². The van der Waals surface area contributed by atoms with Crippen LogP contribution >= 0.6 is 22.9 Å². The number of benzene rings is 1. The molecular formula is C15H14ClN3OS. The van der Waals surface area contributed by atoms with Gasteiger partial charge in [-0.2, -0.15) is 5.26 Å². The molecule has 0 N–H and O–H groups in total. The van der Waals surface area contributed by atoms with E-state index in [0.717, 1.165) is 16.3 Å². The van der Waals surface area contributed by atoms with Gasteiger partial charge in [0.2, 0.25) is 5.91 Å². The number of nitriles is 1. The summed E-state index contributed by atoms with van der Waals surface area (Å²) in [5, 5.41) is 11.9. The van der Waals surface area contributed by atoms with E-state index in [1.54, 1.807) is 11.9 Å². The molecule has 0 saturated heterocycles. The van der Waals surface area contributed by atoms with Gasteiger partial charge in [-0.3, -0.25) is 4.79 Å². The fourth-order valence-electron chi connectivity index (χ4n) is 1.78. The maximum absolute atomic E-state index is 12.0. The highest BCUT2D eigenvalue weighted by atomic mass is 35.5. The molecule has 0 aliphatic heterocycles. The van der Waals surface area contributed by atoms with Gasteiger partial charge in [-0.1, -0.05) is 29.8 Å². The first kappa shape index (κ1) is 15.5. The van der Waals surface area contributed by atoms with Gasteiger partial charge in [-0.05, 0) is 6.07 Å². The lowest BCUT2D eigenvalue weighted by Crippen LogP contribution is -2.29. The average molecular weight is 320 g/mol. The zero-order chi connectivity index (χ0) is 15.2. The molecule has 0 saturated carbocycles. The Balaban J connectivity index is 2.06. The molecule has 4 nitrogen and oxygen atoms in total. The quantitative estimate of drug-likeness (QED) is 0.849. The van der Waals surface area contributed by atoms with Crippen molar-refractivity contribution < 1.29 is 4.79 Å². The molecule has 0 aliphatic carbocycles. The number of thiazole rings is 1. The van der Waals surface area contributed by atoms with Gasteiger partial charge < -0.3 is 4.90 Å². The lowest BCUT2D eigenvalue weighted by Gasteiger charge is -2.14. The number of carbonyl (C=O) groups excluding carboxylic acids is 1. The Kier molecular flexibility index (Phi) is 5.32. The van der Waals surface area contributed by atoms with Gasteiger partial charge in [0, 0.05) is 24.5 Å². The minimum Gasteiger partial charge on any atom is -0.344 e. The largest absolute Gasteiger partial charge is 0.344 e. The summed E-state index contributed by atoms with van der Waals surface area (Å²) >= 11 is 7.61. The Bertz CT molecular complexity index is 678. The van der Waals surface area contributed by atoms with E-state index in [1.165, 1.54) is 11.3 Å². The Hall–Kier alpha value is -1.90. The summed E-state index contributed by atoms with van der Waals surface area (Å²) in [5.74, 6) is -0.0405. The molecule has 1 heterocycles. The zero-order valence-corrected chi connectivity index (χ0v) is 13.1. The molecule has 21 heavy (non-hydrogen) atoms. The Labute approximate surface area is 132 Å². The summed E-state index contributed by atoms with van der Waals surface area (Å²) < 4.78 is 0. The van der Waals surface area contributed by atoms with Crippen molar-refractivity contribution >= 4 is 28.8 Å². The molecule has 0 atom stereocenters. The van der Waals surface area contributed by atoms with Crippen molar-refractivity contribution in [2.45, 2.75) is 12.8 Å². The second-order valence-electron chi connectivity index (χ2n) is 4.52. The molecule has 2 aromatic rings. The molecule has 6 heteroatoms. The summed E-state index contributed by atoms with van der Waals surface area (Å²) in [6, 6.07) is 9.53. The maximum atomic E-state index is 12.0. The van der Waals surface area contributed by atoms with Crippen LogP contribution in [0.5, 0.6) is 0 Å². The highest BCUT2D eigenvalue weighted by molar-refractivity contribution is 7.13. The Morgan fingerprint density at radius 3 is 2.95 bits per heavy atom. The van der Waals surface area contributed by atoms with E-state index in [-0.39, 0.29) is 12.3 Å². The third-order valence-electron chi connectivity index (χ3n) is 2.97. The molecule has 0 bridgehead atoms. The molecule has 1 aromatic carbocycles. The number of hydrogen-bond acceptors (Lipinski definition) is 4. The topological polar surface area (TPSA) is 57.0 Å². The van der Waals surface area contributed by atoms with Crippen LogP contribution < -0.4 is 0 Å². The lowest BCUT2D eigenvalue weighted by atomic mass is 10.2. The third-order valence-corrected chi connectivity index (χ3v) is 4.23. The monoisotopic (exact) mass is 319 g/mol. The molecule has 0 aliphatic rings. The van der Waals surface area contributed by atoms with Gasteiger partial charge in [0.25, 0.3) is 0 Å². The van der Waals surface area contributed by atoms with Crippen LogP contribution in [-0.2, 0) is 11.2 Å². The number of amides is 1. The standard InChI is InChI=1S/C15H14ClN3OS/c1-19(8-4-7-17)14(20)9-11-10-21-15(18-11)12-5-2-3-6-13(12)16/h2-3,5-6,10H,4,8-9H2,1H3. The predicted molar refractivity (Wildman–Crippen MR) is 84.1 cm³/mol. The molecule has 0 unspecified atom stereocenters. The first-order valence-electron chi connectivity index (χ1n) is 6.42. The molecule has 0 radical (unpaired) electrons. The smallest absolute Gasteiger partial charge is 0.228 e. The SMILES string of the molecule is CN(CCC#N)C(=O)Cc1csc(-c2ccccc2Cl)n1. The van der Waals surface area contributed by atoms with Crippen molar-refractivity contribution in [2.24, 2.45) is 0 Å². The van der Waals surface area contributed by atoms with Gasteiger partial charge in [0.1, 0.15) is 5.01 Å². The maximum Gasteiger partial charge on any atom is 0.228 e. The van der Waals surface area contributed by atoms with Crippen LogP contribution in [0.4, 0.5) is 0 Å². The summed E-state index contributed by atoms with van der Waals surface area (Å²) in [6.45, 7) is 0.441. The molecule has 0 fully saturated rings. The van der Waals surface area contributed by atoms with Crippen LogP contribution in [0.1, 0.15) is 12.1 Å². The number of carbonyl (C=O) groups is 1. The number of hydrogen-bond donors (Lipinski definition) is 0. The van der Waals surface area contributed by atoms with E-state index in [4.69, 9.17) is 16.9 Å². The van der Waals surface area contributed by atoms with Crippen LogP contribution in [0.3, 0.4) is 0 Å². The van der Waals surface area contributed by atoms with E-state index in [2.05, 4.69) is 4.98 Å². The number of halogens is 1. The van der Waals surface area contributed by atoms with Gasteiger partial charge >= 0.3 is 0 Å². The minimum absolute atomic E-state index is 0.0405. The zero-order valence-electron chi connectivity index (χ0n) is 11.5. The second-order valence-corrected chi connectivity index (χ2v) is 5.79. The first-order valence-corrected chi connectivity index (χ1v) is 7.68. The minimum atomic E-state index is -0.0405. The van der Waals surface area contributed by atoms with E-state index in [9.17, 15) is 4.79 Å². The second kappa shape index (κ2) is 7.21. The normalized spacial score (nSPS) is 10.1. The third kappa shape index (κ3) is 4.03. The van der Waals surface area contributed by atoms with E-state index in [1.807, 2.05) is 35.7 Å². The van der Waals surface area contributed by atoms with Crippen LogP contribution in [0.25, 0.3) is 10.6 Å². The molecule has 0 spiro atoms. The molecular weight excluding hydrogens is 306 g/mol. The van der Waals surface area contributed by atoms with Crippen molar-refractivity contribution in [3.63, 3.8) is 0 Å². The fraction of sp³-hybridized carbons (Fsp3) is 0.267. The van der Waals surface area contributed by atoms with Crippen LogP contribution in [0.15, 0.2) is 29.6 Å². The highest BCUT2D eigenvalue weighted by Gasteiger charge is 2.13. The number of likely N-dealkylation sites (N-methyl/N-ethyl adjacent to an activating group) is 1. The van der Waals surface area contributed by atoms with Gasteiger partial charge in [-0.25, -0.2) is 4.98 Å². The van der Waals surface area contributed by atoms with Crippen LogP contribution in [0, 0.1) is 11.3 Å². The summed E-state index contributed by atoms with van der Waals surface area (Å²) in [6.07, 6.45) is 0.576. The fourth-order valence-corrected chi connectivity index (χ4v) is 2.92. The molecule has 1 aromatic heterocycles. The molecule has 2 rings (SSSR count). The van der Waals surface area contributed by atoms with Crippen molar-refractivity contribution in [2.75, 3.05) is 13.6 Å². The summed E-state index contributed by atoms with van der Waals surface area (Å²) in [4.78, 5) is 18.0. The lowest BCUT2D eigenvalue weighted by molar-refractivity contribution is -0.129. The van der Waals surface area contributed by atoms with E-state index < -0.39 is 0 Å². The van der Waals surface area contributed by atoms with Gasteiger partial charge in [-0.15, -0.1) is 11.3 Å². The van der Waals surface area contributed by atoms with Crippen LogP contribution in [-0.4, -0.2) is 29.4 Å². The number of nitrogens with zero attached hydrogens (tertiary/aromatic N) is 3. The Morgan fingerprint density at radius 2 is 2.24 bits per heavy atom. The van der Waals surface area contributed by atoms with Crippen molar-refractivity contribution in [3.05, 3.63) is 40.4 Å². The number of aromatic nitrogens is 1. The van der Waals surface area contributed by atoms with E-state index >= 15 is 0 Å². The van der Waals surface area contributed by atoms with Crippen molar-refractivity contribution in [1.82, 2.24) is 9.88 Å². The van der Waals surface area contributed by atoms with Gasteiger partial charge in [0.15, 0.2) is 0 Å². The summed E-state index contributed by atoms with van der Waals surface area (Å²) in [7, 11) is 1.70. The van der Waals surface area contributed by atoms with E-state index in [0.29, 0.717) is 18.0 Å². The average Bonchev–Trinajstić information content (AvgIpc) is 2.93. The molecule has 108 valence electrons. The van der Waals surface area contributed by atoms with Crippen molar-refractivity contribution in [3.8, 4) is 16.6 Å². The predicted octanol–water partition coefficient (Wildman–Crippen LogP) is 3.38. The van der Waals surface area contributed by atoms with Crippen molar-refractivity contribution in [1.29, 1.82) is 5.26 Å². The van der Waals surface area contributed by atoms with Gasteiger partial charge in [0.05, 0.1) is 29.6 Å². The molecule has 1 amide bonds. The highest BCUT2D eigenvalue weighted by Crippen LogP contribution is 2.30. The first-order chi connectivity index (χ1) is 10.1.